The standard InChI is InChI=1S/C50H47NO2S5/c1-3-5-8-32(4-2)30-53-31-38-19-22-41(55-38)43-24-26-45(57-43)47-28-27-46(58-47)44-25-23-42(56-44)40-21-18-37(54-40)29-51-48(52)12-7-9-33-13-14-36-16-15-34-10-6-11-35-17-20-39(33)50(36)49(34)35/h6,10-11,13-28,32H,3-5,7-9,12,29-31H2,1-2H3,(H,51,52). The van der Waals surface area contributed by atoms with Crippen molar-refractivity contribution in [2.24, 2.45) is 5.92 Å². The van der Waals surface area contributed by atoms with E-state index in [9.17, 15) is 4.79 Å². The Bertz CT molecular complexity index is 2760. The van der Waals surface area contributed by atoms with Gasteiger partial charge in [0.05, 0.1) is 13.2 Å². The van der Waals surface area contributed by atoms with E-state index >= 15 is 0 Å². The van der Waals surface area contributed by atoms with Gasteiger partial charge in [0, 0.05) is 61.8 Å². The van der Waals surface area contributed by atoms with Crippen molar-refractivity contribution in [3.05, 3.63) is 131 Å². The van der Waals surface area contributed by atoms with Crippen LogP contribution < -0.4 is 5.32 Å². The maximum atomic E-state index is 12.9. The van der Waals surface area contributed by atoms with E-state index in [4.69, 9.17) is 4.74 Å². The lowest BCUT2D eigenvalue weighted by Gasteiger charge is -2.14. The smallest absolute Gasteiger partial charge is 0.220 e. The monoisotopic (exact) mass is 853 g/mol. The summed E-state index contributed by atoms with van der Waals surface area (Å²) in [6.07, 6.45) is 7.24. The topological polar surface area (TPSA) is 38.3 Å². The van der Waals surface area contributed by atoms with Gasteiger partial charge in [0.15, 0.2) is 0 Å². The number of nitrogens with one attached hydrogen (secondary N) is 1. The number of rotatable bonds is 18. The molecule has 5 heterocycles. The molecule has 0 fully saturated rings. The minimum absolute atomic E-state index is 0.112. The summed E-state index contributed by atoms with van der Waals surface area (Å²) in [4.78, 5) is 25.8. The van der Waals surface area contributed by atoms with Gasteiger partial charge in [0.25, 0.3) is 0 Å². The second-order valence-corrected chi connectivity index (χ2v) is 20.8. The highest BCUT2D eigenvalue weighted by Gasteiger charge is 2.15. The van der Waals surface area contributed by atoms with Crippen LogP contribution in [0.2, 0.25) is 0 Å². The Morgan fingerprint density at radius 1 is 0.586 bits per heavy atom. The molecule has 58 heavy (non-hydrogen) atoms. The largest absolute Gasteiger partial charge is 0.376 e. The Hall–Kier alpha value is -4.15. The predicted octanol–water partition coefficient (Wildman–Crippen LogP) is 15.9. The minimum atomic E-state index is 0.112. The number of thiophene rings is 5. The van der Waals surface area contributed by atoms with E-state index in [1.807, 2.05) is 45.3 Å². The first-order chi connectivity index (χ1) is 28.5. The van der Waals surface area contributed by atoms with Crippen LogP contribution in [0.5, 0.6) is 0 Å². The summed E-state index contributed by atoms with van der Waals surface area (Å²) in [5, 5.41) is 11.0. The number of hydrogen-bond donors (Lipinski definition) is 1. The molecule has 3 nitrogen and oxygen atoms in total. The third-order valence-corrected chi connectivity index (χ3v) is 17.4. The summed E-state index contributed by atoms with van der Waals surface area (Å²) in [5.74, 6) is 0.783. The lowest BCUT2D eigenvalue weighted by atomic mass is 9.90. The van der Waals surface area contributed by atoms with Gasteiger partial charge >= 0.3 is 0 Å². The van der Waals surface area contributed by atoms with E-state index < -0.39 is 0 Å². The van der Waals surface area contributed by atoms with Gasteiger partial charge in [0.1, 0.15) is 0 Å². The van der Waals surface area contributed by atoms with E-state index in [1.165, 1.54) is 112 Å². The Morgan fingerprint density at radius 2 is 1.12 bits per heavy atom. The highest BCUT2D eigenvalue weighted by atomic mass is 32.1. The summed E-state index contributed by atoms with van der Waals surface area (Å²) >= 11 is 9.20. The van der Waals surface area contributed by atoms with Gasteiger partial charge in [-0.2, -0.15) is 0 Å². The summed E-state index contributed by atoms with van der Waals surface area (Å²) in [7, 11) is 0. The second-order valence-electron chi connectivity index (χ2n) is 15.2. The van der Waals surface area contributed by atoms with Crippen molar-refractivity contribution < 1.29 is 9.53 Å². The van der Waals surface area contributed by atoms with Crippen molar-refractivity contribution in [3.63, 3.8) is 0 Å². The lowest BCUT2D eigenvalue weighted by Crippen LogP contribution is -2.21. The fourth-order valence-corrected chi connectivity index (χ4v) is 13.2. The maximum absolute atomic E-state index is 12.9. The fourth-order valence-electron chi connectivity index (χ4n) is 7.95. The molecule has 294 valence electrons. The zero-order chi connectivity index (χ0) is 39.4. The van der Waals surface area contributed by atoms with Gasteiger partial charge in [-0.05, 0) is 124 Å². The molecule has 9 aromatic rings. The summed E-state index contributed by atoms with van der Waals surface area (Å²) in [6, 6.07) is 42.3. The van der Waals surface area contributed by atoms with Crippen molar-refractivity contribution >= 4 is 94.9 Å². The molecule has 8 heteroatoms. The summed E-state index contributed by atoms with van der Waals surface area (Å²) in [6.45, 7) is 6.67. The number of unbranched alkanes of at least 4 members (excludes halogenated alkanes) is 1. The molecule has 0 aliphatic carbocycles. The summed E-state index contributed by atoms with van der Waals surface area (Å²) < 4.78 is 6.14. The van der Waals surface area contributed by atoms with E-state index in [0.29, 0.717) is 25.5 Å². The van der Waals surface area contributed by atoms with Crippen molar-refractivity contribution in [1.29, 1.82) is 0 Å². The van der Waals surface area contributed by atoms with Crippen molar-refractivity contribution in [2.45, 2.75) is 71.9 Å². The Morgan fingerprint density at radius 3 is 1.74 bits per heavy atom. The molecule has 0 radical (unpaired) electrons. The van der Waals surface area contributed by atoms with Crippen molar-refractivity contribution in [1.82, 2.24) is 5.32 Å². The molecule has 1 unspecified atom stereocenters. The van der Waals surface area contributed by atoms with Crippen molar-refractivity contribution in [2.75, 3.05) is 6.61 Å². The average Bonchev–Trinajstić information content (AvgIpc) is 4.11. The third kappa shape index (κ3) is 8.60. The number of amides is 1. The molecule has 1 amide bonds. The zero-order valence-corrected chi connectivity index (χ0v) is 37.1. The number of aryl methyl sites for hydroxylation is 1. The van der Waals surface area contributed by atoms with E-state index in [0.717, 1.165) is 19.4 Å². The molecule has 0 saturated heterocycles. The van der Waals surface area contributed by atoms with E-state index in [2.05, 4.69) is 134 Å². The number of hydrogen-bond acceptors (Lipinski definition) is 7. The molecule has 0 aliphatic heterocycles. The lowest BCUT2D eigenvalue weighted by molar-refractivity contribution is -0.121. The normalized spacial score (nSPS) is 12.4. The van der Waals surface area contributed by atoms with Crippen molar-refractivity contribution in [3.8, 4) is 39.0 Å². The third-order valence-electron chi connectivity index (χ3n) is 11.2. The summed E-state index contributed by atoms with van der Waals surface area (Å²) in [5.41, 5.74) is 1.32. The Kier molecular flexibility index (Phi) is 12.2. The van der Waals surface area contributed by atoms with Gasteiger partial charge in [-0.25, -0.2) is 0 Å². The van der Waals surface area contributed by atoms with Crippen LogP contribution in [0.4, 0.5) is 0 Å². The van der Waals surface area contributed by atoms with Gasteiger partial charge in [-0.15, -0.1) is 56.7 Å². The molecule has 5 aromatic heterocycles. The number of carbonyl (C=O) groups is 1. The van der Waals surface area contributed by atoms with E-state index in [-0.39, 0.29) is 5.91 Å². The molecule has 0 spiro atoms. The second kappa shape index (κ2) is 18.0. The average molecular weight is 854 g/mol. The molecule has 0 aliphatic rings. The highest BCUT2D eigenvalue weighted by Crippen LogP contribution is 2.45. The first-order valence-electron chi connectivity index (χ1n) is 20.5. The molecule has 0 saturated carbocycles. The van der Waals surface area contributed by atoms with Gasteiger partial charge in [-0.3, -0.25) is 4.79 Å². The van der Waals surface area contributed by atoms with Crippen LogP contribution in [0, 0.1) is 5.92 Å². The molecule has 4 aromatic carbocycles. The van der Waals surface area contributed by atoms with Crippen LogP contribution in [0.25, 0.3) is 71.3 Å². The van der Waals surface area contributed by atoms with Crippen LogP contribution in [0.3, 0.4) is 0 Å². The quantitative estimate of drug-likeness (QED) is 0.0873. The SMILES string of the molecule is CCCCC(CC)COCc1ccc(-c2ccc(-c3ccc(-c4ccc(-c5ccc(CNC(=O)CCCc6ccc7ccc8cccc9ccc6c7c89)s5)s4)s3)s2)s1. The van der Waals surface area contributed by atoms with Crippen LogP contribution in [0.1, 0.15) is 67.7 Å². The van der Waals surface area contributed by atoms with E-state index in [1.54, 1.807) is 11.3 Å². The highest BCUT2D eigenvalue weighted by molar-refractivity contribution is 7.29. The van der Waals surface area contributed by atoms with Crippen LogP contribution in [0.15, 0.2) is 115 Å². The fraction of sp³-hybridized carbons (Fsp3) is 0.260. The molecule has 9 rings (SSSR count). The predicted molar refractivity (Wildman–Crippen MR) is 255 cm³/mol. The zero-order valence-electron chi connectivity index (χ0n) is 33.0. The molecular weight excluding hydrogens is 807 g/mol. The Balaban J connectivity index is 0.763. The van der Waals surface area contributed by atoms with Crippen LogP contribution in [-0.4, -0.2) is 12.5 Å². The number of benzene rings is 4. The Labute approximate surface area is 361 Å². The minimum Gasteiger partial charge on any atom is -0.376 e. The van der Waals surface area contributed by atoms with Gasteiger partial charge in [0.2, 0.25) is 5.91 Å². The number of carbonyl (C=O) groups excluding carboxylic acids is 1. The van der Waals surface area contributed by atoms with Gasteiger partial charge in [-0.1, -0.05) is 87.7 Å². The first kappa shape index (κ1) is 39.3. The van der Waals surface area contributed by atoms with Crippen LogP contribution >= 0.6 is 56.7 Å². The maximum Gasteiger partial charge on any atom is 0.220 e. The molecule has 0 bridgehead atoms. The van der Waals surface area contributed by atoms with Gasteiger partial charge < -0.3 is 10.1 Å². The molecule has 1 atom stereocenters. The number of ether oxygens (including phenoxy) is 1. The first-order valence-corrected chi connectivity index (χ1v) is 24.6. The molecule has 1 N–H and O–H groups in total. The van der Waals surface area contributed by atoms with Crippen LogP contribution in [-0.2, 0) is 29.1 Å². The molecular formula is C50H47NO2S5.